The van der Waals surface area contributed by atoms with Crippen LogP contribution in [0, 0.1) is 0 Å². The van der Waals surface area contributed by atoms with Crippen LogP contribution in [-0.4, -0.2) is 16.5 Å². The van der Waals surface area contributed by atoms with Crippen LogP contribution in [0.25, 0.3) is 0 Å². The van der Waals surface area contributed by atoms with Crippen LogP contribution in [0.4, 0.5) is 11.5 Å². The summed E-state index contributed by atoms with van der Waals surface area (Å²) in [6.45, 7) is 2.76. The summed E-state index contributed by atoms with van der Waals surface area (Å²) in [5.41, 5.74) is 5.11. The van der Waals surface area contributed by atoms with Crippen molar-refractivity contribution in [3.63, 3.8) is 0 Å². The van der Waals surface area contributed by atoms with Crippen LogP contribution >= 0.6 is 0 Å². The SMILES string of the molecule is c1ccc2c(c1)CCN2c1ncnc2c1CNC2. The van der Waals surface area contributed by atoms with Gasteiger partial charge in [0.1, 0.15) is 12.1 Å². The molecule has 1 aromatic heterocycles. The van der Waals surface area contributed by atoms with Gasteiger partial charge in [0.15, 0.2) is 0 Å². The summed E-state index contributed by atoms with van der Waals surface area (Å²) in [5, 5.41) is 3.35. The summed E-state index contributed by atoms with van der Waals surface area (Å²) in [6.07, 6.45) is 2.78. The molecule has 1 N–H and O–H groups in total. The minimum Gasteiger partial charge on any atom is -0.325 e. The van der Waals surface area contributed by atoms with Crippen LogP contribution in [0.2, 0.25) is 0 Å². The fraction of sp³-hybridized carbons (Fsp3) is 0.286. The third-order valence-electron chi connectivity index (χ3n) is 3.75. The Kier molecular flexibility index (Phi) is 2.11. The Hall–Kier alpha value is -1.94. The molecule has 2 aliphatic rings. The van der Waals surface area contributed by atoms with Gasteiger partial charge in [0, 0.05) is 30.9 Å². The van der Waals surface area contributed by atoms with E-state index in [0.29, 0.717) is 0 Å². The van der Waals surface area contributed by atoms with Gasteiger partial charge in [0.25, 0.3) is 0 Å². The van der Waals surface area contributed by atoms with Crippen molar-refractivity contribution < 1.29 is 0 Å². The Morgan fingerprint density at radius 2 is 2.06 bits per heavy atom. The van der Waals surface area contributed by atoms with Crippen molar-refractivity contribution in [1.82, 2.24) is 15.3 Å². The summed E-state index contributed by atoms with van der Waals surface area (Å²) in [6, 6.07) is 8.58. The molecule has 0 atom stereocenters. The number of fused-ring (bicyclic) bond motifs is 2. The van der Waals surface area contributed by atoms with E-state index in [4.69, 9.17) is 0 Å². The minimum absolute atomic E-state index is 0.861. The lowest BCUT2D eigenvalue weighted by Gasteiger charge is -2.20. The largest absolute Gasteiger partial charge is 0.325 e. The Morgan fingerprint density at radius 1 is 1.11 bits per heavy atom. The molecule has 0 saturated heterocycles. The molecule has 1 aromatic carbocycles. The average Bonchev–Trinajstić information content (AvgIpc) is 3.05. The first-order valence-corrected chi connectivity index (χ1v) is 6.32. The van der Waals surface area contributed by atoms with E-state index >= 15 is 0 Å². The first-order chi connectivity index (χ1) is 8.93. The van der Waals surface area contributed by atoms with E-state index in [2.05, 4.69) is 44.5 Å². The highest BCUT2D eigenvalue weighted by Gasteiger charge is 2.26. The molecule has 0 spiro atoms. The maximum atomic E-state index is 4.51. The van der Waals surface area contributed by atoms with Gasteiger partial charge < -0.3 is 10.2 Å². The molecule has 0 fully saturated rings. The molecule has 18 heavy (non-hydrogen) atoms. The maximum Gasteiger partial charge on any atom is 0.141 e. The van der Waals surface area contributed by atoms with E-state index in [-0.39, 0.29) is 0 Å². The molecule has 0 bridgehead atoms. The van der Waals surface area contributed by atoms with E-state index in [1.165, 1.54) is 16.8 Å². The molecule has 0 amide bonds. The van der Waals surface area contributed by atoms with Crippen molar-refractivity contribution >= 4 is 11.5 Å². The third kappa shape index (κ3) is 1.36. The van der Waals surface area contributed by atoms with E-state index < -0.39 is 0 Å². The molecule has 3 heterocycles. The zero-order valence-electron chi connectivity index (χ0n) is 10.1. The highest BCUT2D eigenvalue weighted by molar-refractivity contribution is 5.70. The zero-order valence-corrected chi connectivity index (χ0v) is 10.1. The molecular formula is C14H14N4. The number of hydrogen-bond donors (Lipinski definition) is 1. The molecule has 4 nitrogen and oxygen atoms in total. The molecule has 90 valence electrons. The number of aromatic nitrogens is 2. The summed E-state index contributed by atoms with van der Waals surface area (Å²) in [4.78, 5) is 11.2. The van der Waals surface area contributed by atoms with Crippen molar-refractivity contribution in [3.05, 3.63) is 47.4 Å². The second kappa shape index (κ2) is 3.78. The van der Waals surface area contributed by atoms with E-state index in [9.17, 15) is 0 Å². The van der Waals surface area contributed by atoms with Crippen molar-refractivity contribution in [2.75, 3.05) is 11.4 Å². The van der Waals surface area contributed by atoms with Crippen molar-refractivity contribution in [2.45, 2.75) is 19.5 Å². The quantitative estimate of drug-likeness (QED) is 0.822. The van der Waals surface area contributed by atoms with Crippen LogP contribution < -0.4 is 10.2 Å². The zero-order chi connectivity index (χ0) is 11.9. The highest BCUT2D eigenvalue weighted by atomic mass is 15.2. The lowest BCUT2D eigenvalue weighted by atomic mass is 10.2. The first-order valence-electron chi connectivity index (χ1n) is 6.32. The van der Waals surface area contributed by atoms with Gasteiger partial charge in [-0.05, 0) is 18.1 Å². The Morgan fingerprint density at radius 3 is 3.06 bits per heavy atom. The maximum absolute atomic E-state index is 4.51. The van der Waals surface area contributed by atoms with Gasteiger partial charge in [-0.15, -0.1) is 0 Å². The normalized spacial score (nSPS) is 16.8. The summed E-state index contributed by atoms with van der Waals surface area (Å²) >= 11 is 0. The molecule has 2 aliphatic heterocycles. The minimum atomic E-state index is 0.861. The van der Waals surface area contributed by atoms with Gasteiger partial charge in [0.05, 0.1) is 5.69 Å². The number of nitrogens with zero attached hydrogens (tertiary/aromatic N) is 3. The Balaban J connectivity index is 1.84. The van der Waals surface area contributed by atoms with Crippen molar-refractivity contribution in [2.24, 2.45) is 0 Å². The van der Waals surface area contributed by atoms with Gasteiger partial charge in [-0.1, -0.05) is 18.2 Å². The summed E-state index contributed by atoms with van der Waals surface area (Å²) < 4.78 is 0. The average molecular weight is 238 g/mol. The molecule has 0 unspecified atom stereocenters. The monoisotopic (exact) mass is 238 g/mol. The van der Waals surface area contributed by atoms with E-state index in [1.807, 2.05) is 0 Å². The van der Waals surface area contributed by atoms with Gasteiger partial charge in [-0.2, -0.15) is 0 Å². The Labute approximate surface area is 106 Å². The lowest BCUT2D eigenvalue weighted by molar-refractivity contribution is 0.757. The first kappa shape index (κ1) is 10.0. The second-order valence-corrected chi connectivity index (χ2v) is 4.76. The number of anilines is 2. The number of nitrogens with one attached hydrogen (secondary N) is 1. The number of rotatable bonds is 1. The molecular weight excluding hydrogens is 224 g/mol. The van der Waals surface area contributed by atoms with E-state index in [1.54, 1.807) is 6.33 Å². The standard InChI is InChI=1S/C14H14N4/c1-2-4-13-10(3-1)5-6-18(13)14-11-7-15-8-12(11)16-9-17-14/h1-4,9,15H,5-8H2. The summed E-state index contributed by atoms with van der Waals surface area (Å²) in [7, 11) is 0. The number of benzene rings is 1. The number of para-hydroxylation sites is 1. The van der Waals surface area contributed by atoms with E-state index in [0.717, 1.165) is 37.6 Å². The number of hydrogen-bond acceptors (Lipinski definition) is 4. The molecule has 4 rings (SSSR count). The fourth-order valence-corrected chi connectivity index (χ4v) is 2.87. The van der Waals surface area contributed by atoms with Gasteiger partial charge >= 0.3 is 0 Å². The highest BCUT2D eigenvalue weighted by Crippen LogP contribution is 2.36. The molecule has 4 heteroatoms. The second-order valence-electron chi connectivity index (χ2n) is 4.76. The predicted octanol–water partition coefficient (Wildman–Crippen LogP) is 1.77. The molecule has 0 saturated carbocycles. The third-order valence-corrected chi connectivity index (χ3v) is 3.75. The Bertz CT molecular complexity index is 608. The molecule has 0 radical (unpaired) electrons. The van der Waals surface area contributed by atoms with Crippen molar-refractivity contribution in [1.29, 1.82) is 0 Å². The predicted molar refractivity (Wildman–Crippen MR) is 69.7 cm³/mol. The fourth-order valence-electron chi connectivity index (χ4n) is 2.87. The van der Waals surface area contributed by atoms with Crippen LogP contribution in [0.15, 0.2) is 30.6 Å². The van der Waals surface area contributed by atoms with Crippen LogP contribution in [0.1, 0.15) is 16.8 Å². The van der Waals surface area contributed by atoms with Gasteiger partial charge in [0.2, 0.25) is 0 Å². The molecule has 2 aromatic rings. The van der Waals surface area contributed by atoms with Crippen LogP contribution in [0.5, 0.6) is 0 Å². The van der Waals surface area contributed by atoms with Crippen LogP contribution in [0.3, 0.4) is 0 Å². The molecule has 0 aliphatic carbocycles. The van der Waals surface area contributed by atoms with Gasteiger partial charge in [-0.25, -0.2) is 9.97 Å². The lowest BCUT2D eigenvalue weighted by Crippen LogP contribution is -2.17. The van der Waals surface area contributed by atoms with Crippen molar-refractivity contribution in [3.8, 4) is 0 Å². The van der Waals surface area contributed by atoms with Gasteiger partial charge in [-0.3, -0.25) is 0 Å². The smallest absolute Gasteiger partial charge is 0.141 e. The summed E-state index contributed by atoms with van der Waals surface area (Å²) in [5.74, 6) is 1.08. The van der Waals surface area contributed by atoms with Crippen LogP contribution in [-0.2, 0) is 19.5 Å². The topological polar surface area (TPSA) is 41.1 Å².